The third kappa shape index (κ3) is 2.21. The molecule has 0 bridgehead atoms. The fraction of sp³-hybridized carbons (Fsp3) is 0.0667. The molecule has 5 nitrogen and oxygen atoms in total. The van der Waals surface area contributed by atoms with Crippen LogP contribution in [-0.4, -0.2) is 22.0 Å². The van der Waals surface area contributed by atoms with Crippen LogP contribution < -0.4 is 5.32 Å². The van der Waals surface area contributed by atoms with Crippen LogP contribution in [0.2, 0.25) is 0 Å². The normalized spacial score (nSPS) is 15.0. The van der Waals surface area contributed by atoms with Gasteiger partial charge in [0, 0.05) is 17.5 Å². The number of aromatic nitrogens is 1. The summed E-state index contributed by atoms with van der Waals surface area (Å²) in [7, 11) is 0. The highest BCUT2D eigenvalue weighted by Gasteiger charge is 2.28. The molecule has 7 heteroatoms. The highest BCUT2D eigenvalue weighted by molar-refractivity contribution is 14.1. The summed E-state index contributed by atoms with van der Waals surface area (Å²) in [6.45, 7) is 1.65. The number of hydrogen-bond acceptors (Lipinski definition) is 2. The topological polar surface area (TPSA) is 82.2 Å². The summed E-state index contributed by atoms with van der Waals surface area (Å²) in [6.07, 6.45) is 2.92. The molecule has 0 saturated carbocycles. The molecule has 1 aromatic carbocycles. The van der Waals surface area contributed by atoms with Gasteiger partial charge in [-0.15, -0.1) is 0 Å². The van der Waals surface area contributed by atoms with E-state index in [1.807, 2.05) is 22.6 Å². The zero-order valence-corrected chi connectivity index (χ0v) is 13.5. The quantitative estimate of drug-likeness (QED) is 0.523. The molecule has 112 valence electrons. The van der Waals surface area contributed by atoms with Crippen LogP contribution in [0.1, 0.15) is 27.2 Å². The average Bonchev–Trinajstić information content (AvgIpc) is 2.97. The number of amides is 1. The van der Waals surface area contributed by atoms with Crippen molar-refractivity contribution >= 4 is 51.8 Å². The lowest BCUT2D eigenvalue weighted by molar-refractivity contribution is -0.110. The fourth-order valence-electron chi connectivity index (χ4n) is 2.39. The average molecular weight is 412 g/mol. The van der Waals surface area contributed by atoms with Crippen LogP contribution in [0.3, 0.4) is 0 Å². The van der Waals surface area contributed by atoms with Gasteiger partial charge in [-0.3, -0.25) is 4.79 Å². The van der Waals surface area contributed by atoms with E-state index in [0.29, 0.717) is 31.7 Å². The molecule has 1 aliphatic heterocycles. The summed E-state index contributed by atoms with van der Waals surface area (Å²) in [6, 6.07) is 2.81. The Morgan fingerprint density at radius 1 is 1.41 bits per heavy atom. The molecule has 0 fully saturated rings. The third-order valence-corrected chi connectivity index (χ3v) is 4.61. The van der Waals surface area contributed by atoms with Crippen LogP contribution in [-0.2, 0) is 4.79 Å². The van der Waals surface area contributed by atoms with E-state index in [4.69, 9.17) is 5.11 Å². The van der Waals surface area contributed by atoms with Crippen LogP contribution in [0.4, 0.5) is 10.1 Å². The maximum Gasteiger partial charge on any atom is 0.337 e. The van der Waals surface area contributed by atoms with Gasteiger partial charge in [0.05, 0.1) is 20.4 Å². The van der Waals surface area contributed by atoms with Crippen molar-refractivity contribution in [2.24, 2.45) is 0 Å². The number of benzene rings is 1. The Hall–Kier alpha value is -2.16. The number of carboxylic acids is 1. The van der Waals surface area contributed by atoms with Crippen molar-refractivity contribution in [1.29, 1.82) is 0 Å². The van der Waals surface area contributed by atoms with E-state index >= 15 is 0 Å². The molecule has 3 N–H and O–H groups in total. The molecule has 2 aromatic rings. The van der Waals surface area contributed by atoms with E-state index in [1.165, 1.54) is 18.3 Å². The number of rotatable bonds is 2. The summed E-state index contributed by atoms with van der Waals surface area (Å²) < 4.78 is 14.1. The summed E-state index contributed by atoms with van der Waals surface area (Å²) in [4.78, 5) is 26.0. The van der Waals surface area contributed by atoms with Crippen molar-refractivity contribution in [2.75, 3.05) is 5.32 Å². The van der Waals surface area contributed by atoms with Crippen LogP contribution in [0, 0.1) is 16.3 Å². The molecule has 0 radical (unpaired) electrons. The molecule has 0 saturated heterocycles. The van der Waals surface area contributed by atoms with Gasteiger partial charge in [-0.2, -0.15) is 0 Å². The number of fused-ring (bicyclic) bond motifs is 1. The third-order valence-electron chi connectivity index (χ3n) is 3.56. The molecule has 0 unspecified atom stereocenters. The number of carbonyl (C=O) groups is 2. The van der Waals surface area contributed by atoms with E-state index < -0.39 is 11.8 Å². The van der Waals surface area contributed by atoms with Crippen LogP contribution in [0.25, 0.3) is 11.6 Å². The van der Waals surface area contributed by atoms with Crippen LogP contribution in [0.5, 0.6) is 0 Å². The second kappa shape index (κ2) is 5.24. The fourth-order valence-corrected chi connectivity index (χ4v) is 3.15. The zero-order valence-electron chi connectivity index (χ0n) is 11.3. The number of anilines is 1. The van der Waals surface area contributed by atoms with Crippen LogP contribution in [0.15, 0.2) is 18.3 Å². The first-order chi connectivity index (χ1) is 10.4. The SMILES string of the molecule is Cc1c(C(=O)O)c[nH]c1C=C1C(=O)Nc2ccc(F)c(I)c21. The highest BCUT2D eigenvalue weighted by Crippen LogP contribution is 2.37. The number of nitrogens with one attached hydrogen (secondary N) is 2. The lowest BCUT2D eigenvalue weighted by Gasteiger charge is -2.03. The molecule has 2 heterocycles. The van der Waals surface area contributed by atoms with Gasteiger partial charge >= 0.3 is 5.97 Å². The smallest absolute Gasteiger partial charge is 0.337 e. The van der Waals surface area contributed by atoms with Gasteiger partial charge in [-0.05, 0) is 53.3 Å². The van der Waals surface area contributed by atoms with Crippen molar-refractivity contribution in [3.05, 3.63) is 50.1 Å². The van der Waals surface area contributed by atoms with Gasteiger partial charge in [-0.25, -0.2) is 9.18 Å². The maximum absolute atomic E-state index is 13.7. The molecule has 22 heavy (non-hydrogen) atoms. The molecule has 0 aliphatic carbocycles. The predicted octanol–water partition coefficient (Wildman–Crippen LogP) is 3.26. The first kappa shape index (κ1) is 14.8. The minimum Gasteiger partial charge on any atom is -0.478 e. The Morgan fingerprint density at radius 3 is 2.77 bits per heavy atom. The zero-order chi connectivity index (χ0) is 16.0. The lowest BCUT2D eigenvalue weighted by atomic mass is 10.0. The summed E-state index contributed by atoms with van der Waals surface area (Å²) in [5, 5.41) is 11.7. The molecular weight excluding hydrogens is 402 g/mol. The van der Waals surface area contributed by atoms with Gasteiger partial charge in [0.25, 0.3) is 5.91 Å². The summed E-state index contributed by atoms with van der Waals surface area (Å²) in [5.41, 5.74) is 2.52. The van der Waals surface area contributed by atoms with Crippen molar-refractivity contribution in [1.82, 2.24) is 4.98 Å². The molecular formula is C15H10FIN2O3. The maximum atomic E-state index is 13.7. The first-order valence-electron chi connectivity index (χ1n) is 6.33. The lowest BCUT2D eigenvalue weighted by Crippen LogP contribution is -2.03. The number of halogens is 2. The Balaban J connectivity index is 2.16. The minimum atomic E-state index is -1.05. The summed E-state index contributed by atoms with van der Waals surface area (Å²) in [5.74, 6) is -1.80. The molecule has 0 atom stereocenters. The van der Waals surface area contributed by atoms with Crippen LogP contribution >= 0.6 is 22.6 Å². The Kier molecular flexibility index (Phi) is 3.51. The van der Waals surface area contributed by atoms with Gasteiger partial charge < -0.3 is 15.4 Å². The number of aromatic carboxylic acids is 1. The predicted molar refractivity (Wildman–Crippen MR) is 88.1 cm³/mol. The number of carbonyl (C=O) groups excluding carboxylic acids is 1. The Bertz CT molecular complexity index is 855. The second-order valence-electron chi connectivity index (χ2n) is 4.84. The molecule has 3 rings (SSSR count). The van der Waals surface area contributed by atoms with E-state index in [0.717, 1.165) is 0 Å². The van der Waals surface area contributed by atoms with Crippen molar-refractivity contribution in [3.8, 4) is 0 Å². The van der Waals surface area contributed by atoms with E-state index in [2.05, 4.69) is 10.3 Å². The van der Waals surface area contributed by atoms with Crippen molar-refractivity contribution in [3.63, 3.8) is 0 Å². The number of carboxylic acid groups (broad SMARTS) is 1. The van der Waals surface area contributed by atoms with Gasteiger partial charge in [-0.1, -0.05) is 0 Å². The van der Waals surface area contributed by atoms with Gasteiger partial charge in [0.1, 0.15) is 5.82 Å². The standard InChI is InChI=1S/C15H10FIN2O3/c1-6-8(15(21)22)5-18-11(6)4-7-12-10(19-14(7)20)3-2-9(16)13(12)17/h2-5,18H,1H3,(H,19,20)(H,21,22). The van der Waals surface area contributed by atoms with E-state index in [9.17, 15) is 14.0 Å². The van der Waals surface area contributed by atoms with Crippen molar-refractivity contribution < 1.29 is 19.1 Å². The number of aromatic amines is 1. The largest absolute Gasteiger partial charge is 0.478 e. The highest BCUT2D eigenvalue weighted by atomic mass is 127. The number of H-pyrrole nitrogens is 1. The van der Waals surface area contributed by atoms with E-state index in [-0.39, 0.29) is 11.5 Å². The van der Waals surface area contributed by atoms with E-state index in [1.54, 1.807) is 13.0 Å². The Labute approximate surface area is 138 Å². The number of hydrogen-bond donors (Lipinski definition) is 3. The first-order valence-corrected chi connectivity index (χ1v) is 7.40. The van der Waals surface area contributed by atoms with Crippen molar-refractivity contribution in [2.45, 2.75) is 6.92 Å². The van der Waals surface area contributed by atoms with Gasteiger partial charge in [0.15, 0.2) is 0 Å². The monoisotopic (exact) mass is 412 g/mol. The molecule has 1 amide bonds. The molecule has 1 aromatic heterocycles. The van der Waals surface area contributed by atoms with Gasteiger partial charge in [0.2, 0.25) is 0 Å². The summed E-state index contributed by atoms with van der Waals surface area (Å²) >= 11 is 1.85. The molecule has 0 spiro atoms. The Morgan fingerprint density at radius 2 is 2.14 bits per heavy atom. The molecule has 1 aliphatic rings. The second-order valence-corrected chi connectivity index (χ2v) is 5.92. The minimum absolute atomic E-state index is 0.138.